The van der Waals surface area contributed by atoms with Gasteiger partial charge in [0.1, 0.15) is 11.6 Å². The summed E-state index contributed by atoms with van der Waals surface area (Å²) in [5.41, 5.74) is 2.95. The van der Waals surface area contributed by atoms with E-state index in [1.807, 2.05) is 9.58 Å². The second-order valence-electron chi connectivity index (χ2n) is 8.81. The zero-order valence-electron chi connectivity index (χ0n) is 18.2. The third-order valence-corrected chi connectivity index (χ3v) is 5.97. The second-order valence-corrected chi connectivity index (χ2v) is 8.81. The van der Waals surface area contributed by atoms with Crippen molar-refractivity contribution in [3.63, 3.8) is 0 Å². The molecule has 0 saturated carbocycles. The average molecular weight is 433 g/mol. The van der Waals surface area contributed by atoms with Crippen LogP contribution in [0.3, 0.4) is 0 Å². The maximum absolute atomic E-state index is 14.0. The lowest BCUT2D eigenvalue weighted by atomic mass is 9.90. The number of amides is 1. The average Bonchev–Trinajstić information content (AvgIpc) is 3.11. The number of benzene rings is 1. The van der Waals surface area contributed by atoms with Crippen molar-refractivity contribution in [3.8, 4) is 0 Å². The van der Waals surface area contributed by atoms with Gasteiger partial charge in [0.2, 0.25) is 0 Å². The number of nitrogens with one attached hydrogen (secondary N) is 1. The molecule has 0 radical (unpaired) electrons. The van der Waals surface area contributed by atoms with Crippen LogP contribution in [-0.4, -0.2) is 52.9 Å². The van der Waals surface area contributed by atoms with Crippen molar-refractivity contribution in [2.75, 3.05) is 26.3 Å². The molecule has 1 aromatic carbocycles. The van der Waals surface area contributed by atoms with Gasteiger partial charge in [-0.1, -0.05) is 13.8 Å². The summed E-state index contributed by atoms with van der Waals surface area (Å²) in [6, 6.07) is 3.58. The standard InChI is InChI=1S/C23H30F2N4O2/c1-15(2)14-29-21-6-4-18(26-13-16-11-17(24)3-5-20(16)25)12-19(21)22(27-29)23(30)28-7-9-31-10-8-28/h3,5,11,15,18,26H,4,6-10,12-14H2,1-2H3/t18-/m0/s1. The lowest BCUT2D eigenvalue weighted by Gasteiger charge is -2.28. The molecule has 1 aliphatic heterocycles. The summed E-state index contributed by atoms with van der Waals surface area (Å²) in [7, 11) is 0. The van der Waals surface area contributed by atoms with E-state index in [1.54, 1.807) is 0 Å². The number of hydrogen-bond donors (Lipinski definition) is 1. The molecule has 2 aliphatic rings. The Morgan fingerprint density at radius 1 is 1.29 bits per heavy atom. The van der Waals surface area contributed by atoms with Gasteiger partial charge in [0.05, 0.1) is 13.2 Å². The molecule has 2 heterocycles. The summed E-state index contributed by atoms with van der Waals surface area (Å²) in [5.74, 6) is -0.489. The quantitative estimate of drug-likeness (QED) is 0.763. The normalized spacial score (nSPS) is 19.0. The molecule has 1 aliphatic carbocycles. The lowest BCUT2D eigenvalue weighted by Crippen LogP contribution is -2.41. The maximum atomic E-state index is 14.0. The van der Waals surface area contributed by atoms with Gasteiger partial charge in [0.15, 0.2) is 5.69 Å². The van der Waals surface area contributed by atoms with Crippen LogP contribution < -0.4 is 5.32 Å². The fourth-order valence-corrected chi connectivity index (χ4v) is 4.38. The van der Waals surface area contributed by atoms with E-state index >= 15 is 0 Å². The van der Waals surface area contributed by atoms with Crippen LogP contribution in [0.1, 0.15) is 47.6 Å². The molecule has 31 heavy (non-hydrogen) atoms. The van der Waals surface area contributed by atoms with Gasteiger partial charge >= 0.3 is 0 Å². The highest BCUT2D eigenvalue weighted by molar-refractivity contribution is 5.94. The van der Waals surface area contributed by atoms with Crippen LogP contribution in [0.4, 0.5) is 8.78 Å². The first-order valence-electron chi connectivity index (χ1n) is 11.0. The summed E-state index contributed by atoms with van der Waals surface area (Å²) in [4.78, 5) is 15.0. The predicted molar refractivity (Wildman–Crippen MR) is 113 cm³/mol. The molecular weight excluding hydrogens is 402 g/mol. The first kappa shape index (κ1) is 21.9. The fraction of sp³-hybridized carbons (Fsp3) is 0.565. The Morgan fingerprint density at radius 2 is 2.06 bits per heavy atom. The highest BCUT2D eigenvalue weighted by atomic mass is 19.1. The molecule has 4 rings (SSSR count). The van der Waals surface area contributed by atoms with Crippen LogP contribution in [0.5, 0.6) is 0 Å². The molecule has 168 valence electrons. The van der Waals surface area contributed by atoms with Crippen molar-refractivity contribution in [2.45, 2.75) is 52.2 Å². The molecule has 1 aromatic heterocycles. The number of ether oxygens (including phenoxy) is 1. The van der Waals surface area contributed by atoms with Crippen molar-refractivity contribution in [3.05, 3.63) is 52.3 Å². The van der Waals surface area contributed by atoms with Crippen molar-refractivity contribution in [1.29, 1.82) is 0 Å². The topological polar surface area (TPSA) is 59.4 Å². The second kappa shape index (κ2) is 9.44. The van der Waals surface area contributed by atoms with E-state index in [9.17, 15) is 13.6 Å². The number of carbonyl (C=O) groups is 1. The monoisotopic (exact) mass is 432 g/mol. The highest BCUT2D eigenvalue weighted by Crippen LogP contribution is 2.27. The van der Waals surface area contributed by atoms with Gasteiger partial charge in [0, 0.05) is 49.0 Å². The van der Waals surface area contributed by atoms with Crippen LogP contribution in [0.25, 0.3) is 0 Å². The number of nitrogens with zero attached hydrogens (tertiary/aromatic N) is 3. The van der Waals surface area contributed by atoms with E-state index in [1.165, 1.54) is 6.07 Å². The Hall–Kier alpha value is -2.32. The number of carbonyl (C=O) groups excluding carboxylic acids is 1. The SMILES string of the molecule is CC(C)Cn1nc(C(=O)N2CCOCC2)c2c1CC[C@H](NCc1cc(F)ccc1F)C2. The summed E-state index contributed by atoms with van der Waals surface area (Å²) >= 11 is 0. The number of aromatic nitrogens is 2. The van der Waals surface area contributed by atoms with Crippen LogP contribution in [0.15, 0.2) is 18.2 Å². The van der Waals surface area contributed by atoms with E-state index < -0.39 is 11.6 Å². The molecule has 1 fully saturated rings. The maximum Gasteiger partial charge on any atom is 0.274 e. The number of morpholine rings is 1. The molecule has 1 amide bonds. The van der Waals surface area contributed by atoms with Gasteiger partial charge < -0.3 is 15.0 Å². The van der Waals surface area contributed by atoms with Crippen molar-refractivity contribution >= 4 is 5.91 Å². The third kappa shape index (κ3) is 4.96. The van der Waals surface area contributed by atoms with E-state index in [-0.39, 0.29) is 18.5 Å². The Labute approximate surface area is 181 Å². The van der Waals surface area contributed by atoms with E-state index in [4.69, 9.17) is 9.84 Å². The molecule has 6 nitrogen and oxygen atoms in total. The summed E-state index contributed by atoms with van der Waals surface area (Å²) in [6.45, 7) is 7.53. The molecule has 1 atom stereocenters. The Bertz CT molecular complexity index is 938. The number of fused-ring (bicyclic) bond motifs is 1. The summed E-state index contributed by atoms with van der Waals surface area (Å²) in [5, 5.41) is 8.09. The van der Waals surface area contributed by atoms with Gasteiger partial charge in [-0.2, -0.15) is 5.10 Å². The van der Waals surface area contributed by atoms with Gasteiger partial charge in [-0.15, -0.1) is 0 Å². The Kier molecular flexibility index (Phi) is 6.67. The molecule has 0 bridgehead atoms. The van der Waals surface area contributed by atoms with Gasteiger partial charge in [0.25, 0.3) is 5.91 Å². The van der Waals surface area contributed by atoms with Crippen molar-refractivity contribution in [1.82, 2.24) is 20.0 Å². The fourth-order valence-electron chi connectivity index (χ4n) is 4.38. The minimum absolute atomic E-state index is 0.0427. The Balaban J connectivity index is 1.53. The predicted octanol–water partition coefficient (Wildman–Crippen LogP) is 2.94. The minimum atomic E-state index is -0.447. The van der Waals surface area contributed by atoms with Crippen LogP contribution >= 0.6 is 0 Å². The molecule has 0 spiro atoms. The van der Waals surface area contributed by atoms with E-state index in [0.29, 0.717) is 49.9 Å². The van der Waals surface area contributed by atoms with Crippen LogP contribution in [0.2, 0.25) is 0 Å². The van der Waals surface area contributed by atoms with Gasteiger partial charge in [-0.05, 0) is 43.4 Å². The van der Waals surface area contributed by atoms with Crippen LogP contribution in [-0.2, 0) is 30.7 Å². The van der Waals surface area contributed by atoms with Gasteiger partial charge in [-0.3, -0.25) is 9.48 Å². The lowest BCUT2D eigenvalue weighted by molar-refractivity contribution is 0.0297. The molecular formula is C23H30F2N4O2. The molecule has 2 aromatic rings. The smallest absolute Gasteiger partial charge is 0.274 e. The molecule has 1 saturated heterocycles. The third-order valence-electron chi connectivity index (χ3n) is 5.97. The van der Waals surface area contributed by atoms with Crippen molar-refractivity contribution in [2.24, 2.45) is 5.92 Å². The number of rotatable bonds is 6. The summed E-state index contributed by atoms with van der Waals surface area (Å²) < 4.78 is 34.8. The van der Waals surface area contributed by atoms with Crippen LogP contribution in [0, 0.1) is 17.6 Å². The number of halogens is 2. The first-order valence-corrected chi connectivity index (χ1v) is 11.0. The zero-order chi connectivity index (χ0) is 22.0. The first-order chi connectivity index (χ1) is 14.9. The van der Waals surface area contributed by atoms with E-state index in [2.05, 4.69) is 19.2 Å². The number of hydrogen-bond acceptors (Lipinski definition) is 4. The Morgan fingerprint density at radius 3 is 2.81 bits per heavy atom. The minimum Gasteiger partial charge on any atom is -0.378 e. The van der Waals surface area contributed by atoms with E-state index in [0.717, 1.165) is 42.8 Å². The van der Waals surface area contributed by atoms with Gasteiger partial charge in [-0.25, -0.2) is 8.78 Å². The molecule has 8 heteroatoms. The molecule has 1 N–H and O–H groups in total. The van der Waals surface area contributed by atoms with Crippen molar-refractivity contribution < 1.29 is 18.3 Å². The highest BCUT2D eigenvalue weighted by Gasteiger charge is 2.31. The summed E-state index contributed by atoms with van der Waals surface area (Å²) in [6.07, 6.45) is 2.31. The largest absolute Gasteiger partial charge is 0.378 e. The molecule has 0 unspecified atom stereocenters. The zero-order valence-corrected chi connectivity index (χ0v) is 18.2.